The van der Waals surface area contributed by atoms with E-state index < -0.39 is 0 Å². The molecule has 3 aromatic rings. The molecule has 29 heavy (non-hydrogen) atoms. The van der Waals surface area contributed by atoms with Crippen molar-refractivity contribution < 1.29 is 0 Å². The van der Waals surface area contributed by atoms with E-state index in [9.17, 15) is 4.79 Å². The number of rotatable bonds is 6. The number of hydrogen-bond acceptors (Lipinski definition) is 7. The fourth-order valence-electron chi connectivity index (χ4n) is 3.77. The smallest absolute Gasteiger partial charge is 0.266 e. The molecule has 1 aliphatic carbocycles. The molecule has 3 aromatic heterocycles. The van der Waals surface area contributed by atoms with Gasteiger partial charge in [0.05, 0.1) is 12.2 Å². The minimum atomic E-state index is -0.0897. The van der Waals surface area contributed by atoms with Crippen molar-refractivity contribution in [1.82, 2.24) is 34.4 Å². The van der Waals surface area contributed by atoms with Crippen LogP contribution in [0.15, 0.2) is 47.8 Å². The summed E-state index contributed by atoms with van der Waals surface area (Å²) in [6.07, 6.45) is 9.56. The molecule has 1 saturated carbocycles. The van der Waals surface area contributed by atoms with Gasteiger partial charge in [0.25, 0.3) is 5.56 Å². The summed E-state index contributed by atoms with van der Waals surface area (Å²) in [6.45, 7) is 5.08. The van der Waals surface area contributed by atoms with Gasteiger partial charge in [-0.25, -0.2) is 14.3 Å². The Labute approximate surface area is 168 Å². The molecule has 0 N–H and O–H groups in total. The third-order valence-corrected chi connectivity index (χ3v) is 5.56. The monoisotopic (exact) mass is 392 g/mol. The summed E-state index contributed by atoms with van der Waals surface area (Å²) in [5, 5.41) is 8.63. The molecule has 0 aromatic carbocycles. The van der Waals surface area contributed by atoms with Gasteiger partial charge >= 0.3 is 0 Å². The Balaban J connectivity index is 1.20. The van der Waals surface area contributed by atoms with Crippen molar-refractivity contribution in [2.75, 3.05) is 37.6 Å². The van der Waals surface area contributed by atoms with Crippen LogP contribution < -0.4 is 10.5 Å². The molecular weight excluding hydrogens is 368 g/mol. The summed E-state index contributed by atoms with van der Waals surface area (Å²) >= 11 is 0. The molecule has 0 amide bonds. The molecule has 0 bridgehead atoms. The fourth-order valence-corrected chi connectivity index (χ4v) is 3.77. The topological polar surface area (TPSA) is 85.0 Å². The third kappa shape index (κ3) is 3.91. The lowest BCUT2D eigenvalue weighted by molar-refractivity contribution is 0.242. The predicted molar refractivity (Wildman–Crippen MR) is 108 cm³/mol. The van der Waals surface area contributed by atoms with Crippen molar-refractivity contribution in [2.24, 2.45) is 0 Å². The Kier molecular flexibility index (Phi) is 4.81. The van der Waals surface area contributed by atoms with E-state index in [4.69, 9.17) is 0 Å². The Morgan fingerprint density at radius 2 is 1.79 bits per heavy atom. The van der Waals surface area contributed by atoms with Gasteiger partial charge in [0.1, 0.15) is 0 Å². The number of nitrogens with zero attached hydrogens (tertiary/aromatic N) is 8. The van der Waals surface area contributed by atoms with Crippen molar-refractivity contribution in [2.45, 2.75) is 25.3 Å². The average molecular weight is 392 g/mol. The minimum absolute atomic E-state index is 0.0897. The first-order valence-electron chi connectivity index (χ1n) is 10.1. The number of aromatic nitrogens is 6. The maximum absolute atomic E-state index is 12.2. The van der Waals surface area contributed by atoms with E-state index in [0.717, 1.165) is 44.2 Å². The van der Waals surface area contributed by atoms with Crippen LogP contribution in [0, 0.1) is 0 Å². The minimum Gasteiger partial charge on any atom is -0.353 e. The number of hydrogen-bond donors (Lipinski definition) is 0. The van der Waals surface area contributed by atoms with E-state index in [1.165, 1.54) is 17.5 Å². The van der Waals surface area contributed by atoms with Gasteiger partial charge < -0.3 is 4.90 Å². The van der Waals surface area contributed by atoms with Crippen molar-refractivity contribution in [1.29, 1.82) is 0 Å². The highest BCUT2D eigenvalue weighted by Crippen LogP contribution is 2.42. The molecule has 2 fully saturated rings. The molecule has 1 aliphatic heterocycles. The molecule has 0 radical (unpaired) electrons. The zero-order chi connectivity index (χ0) is 19.6. The van der Waals surface area contributed by atoms with Crippen LogP contribution in [0.3, 0.4) is 0 Å². The van der Waals surface area contributed by atoms with E-state index in [1.54, 1.807) is 35.4 Å². The van der Waals surface area contributed by atoms with Crippen LogP contribution in [0.25, 0.3) is 5.82 Å². The number of piperazine rings is 1. The van der Waals surface area contributed by atoms with Crippen LogP contribution >= 0.6 is 0 Å². The molecule has 0 atom stereocenters. The van der Waals surface area contributed by atoms with E-state index in [2.05, 4.69) is 30.0 Å². The van der Waals surface area contributed by atoms with Crippen molar-refractivity contribution >= 4 is 5.82 Å². The van der Waals surface area contributed by atoms with Gasteiger partial charge in [-0.2, -0.15) is 5.10 Å². The standard InChI is InChI=1S/C20H24N8O/c29-18-5-4-17(27-9-1-6-23-27)24-28(18)15-12-25-10-13-26(14-11-25)20-19(16-2-3-16)21-7-8-22-20/h1,4-9,16H,2-3,10-15H2. The molecule has 1 saturated heterocycles. The molecule has 9 nitrogen and oxygen atoms in total. The molecular formula is C20H24N8O. The maximum Gasteiger partial charge on any atom is 0.266 e. The molecule has 5 rings (SSSR count). The lowest BCUT2D eigenvalue weighted by Gasteiger charge is -2.35. The van der Waals surface area contributed by atoms with Gasteiger partial charge in [0.2, 0.25) is 0 Å². The third-order valence-electron chi connectivity index (χ3n) is 5.56. The predicted octanol–water partition coefficient (Wildman–Crippen LogP) is 0.919. The quantitative estimate of drug-likeness (QED) is 0.617. The van der Waals surface area contributed by atoms with Crippen LogP contribution in [0.5, 0.6) is 0 Å². The summed E-state index contributed by atoms with van der Waals surface area (Å²) in [4.78, 5) is 26.1. The molecule has 9 heteroatoms. The fraction of sp³-hybridized carbons (Fsp3) is 0.450. The summed E-state index contributed by atoms with van der Waals surface area (Å²) in [5.74, 6) is 2.30. The van der Waals surface area contributed by atoms with Crippen LogP contribution in [-0.2, 0) is 6.54 Å². The Bertz CT molecular complexity index is 1020. The second-order valence-corrected chi connectivity index (χ2v) is 7.57. The van der Waals surface area contributed by atoms with E-state index in [-0.39, 0.29) is 5.56 Å². The first kappa shape index (κ1) is 18.0. The highest BCUT2D eigenvalue weighted by Gasteiger charge is 2.31. The van der Waals surface area contributed by atoms with E-state index >= 15 is 0 Å². The molecule has 0 unspecified atom stereocenters. The lowest BCUT2D eigenvalue weighted by Crippen LogP contribution is -2.48. The second kappa shape index (κ2) is 7.75. The summed E-state index contributed by atoms with van der Waals surface area (Å²) < 4.78 is 3.18. The normalized spacial score (nSPS) is 17.6. The summed E-state index contributed by atoms with van der Waals surface area (Å²) in [7, 11) is 0. The van der Waals surface area contributed by atoms with Crippen molar-refractivity contribution in [3.05, 3.63) is 59.0 Å². The van der Waals surface area contributed by atoms with Crippen LogP contribution in [-0.4, -0.2) is 67.2 Å². The first-order valence-corrected chi connectivity index (χ1v) is 10.1. The summed E-state index contributed by atoms with van der Waals surface area (Å²) in [6, 6.07) is 5.08. The lowest BCUT2D eigenvalue weighted by atomic mass is 10.2. The van der Waals surface area contributed by atoms with Gasteiger partial charge in [0.15, 0.2) is 11.6 Å². The highest BCUT2D eigenvalue weighted by molar-refractivity contribution is 5.46. The van der Waals surface area contributed by atoms with Crippen LogP contribution in [0.1, 0.15) is 24.5 Å². The zero-order valence-corrected chi connectivity index (χ0v) is 16.3. The van der Waals surface area contributed by atoms with Gasteiger partial charge in [-0.1, -0.05) is 0 Å². The Morgan fingerprint density at radius 1 is 0.966 bits per heavy atom. The zero-order valence-electron chi connectivity index (χ0n) is 16.3. The largest absolute Gasteiger partial charge is 0.353 e. The Morgan fingerprint density at radius 3 is 2.55 bits per heavy atom. The maximum atomic E-state index is 12.2. The SMILES string of the molecule is O=c1ccc(-n2cccn2)nn1CCN1CCN(c2nccnc2C2CC2)CC1. The summed E-state index contributed by atoms with van der Waals surface area (Å²) in [5.41, 5.74) is 1.07. The van der Waals surface area contributed by atoms with Crippen LogP contribution in [0.2, 0.25) is 0 Å². The molecule has 2 aliphatic rings. The van der Waals surface area contributed by atoms with Gasteiger partial charge in [-0.15, -0.1) is 5.10 Å². The van der Waals surface area contributed by atoms with Crippen LogP contribution in [0.4, 0.5) is 5.82 Å². The average Bonchev–Trinajstić information content (AvgIpc) is 3.47. The van der Waals surface area contributed by atoms with Gasteiger partial charge in [-0.3, -0.25) is 14.7 Å². The van der Waals surface area contributed by atoms with Crippen molar-refractivity contribution in [3.63, 3.8) is 0 Å². The molecule has 4 heterocycles. The molecule has 0 spiro atoms. The number of anilines is 1. The second-order valence-electron chi connectivity index (χ2n) is 7.57. The Hall–Kier alpha value is -3.07. The van der Waals surface area contributed by atoms with E-state index in [1.807, 2.05) is 12.3 Å². The van der Waals surface area contributed by atoms with Gasteiger partial charge in [-0.05, 0) is 25.0 Å². The van der Waals surface area contributed by atoms with Gasteiger partial charge in [0, 0.05) is 69.5 Å². The first-order chi connectivity index (χ1) is 14.3. The van der Waals surface area contributed by atoms with Crippen molar-refractivity contribution in [3.8, 4) is 5.82 Å². The van der Waals surface area contributed by atoms with E-state index in [0.29, 0.717) is 18.3 Å². The molecule has 150 valence electrons. The highest BCUT2D eigenvalue weighted by atomic mass is 16.1.